The quantitative estimate of drug-likeness (QED) is 0.671. The molecule has 1 saturated carbocycles. The summed E-state index contributed by atoms with van der Waals surface area (Å²) in [4.78, 5) is 26.8. The first-order chi connectivity index (χ1) is 7.04. The highest BCUT2D eigenvalue weighted by Gasteiger charge is 2.32. The number of hydroxylamine groups is 2. The van der Waals surface area contributed by atoms with Crippen LogP contribution >= 0.6 is 0 Å². The molecule has 0 bridgehead atoms. The summed E-state index contributed by atoms with van der Waals surface area (Å²) in [5.74, 6) is -0.223. The fourth-order valence-electron chi connectivity index (χ4n) is 1.86. The number of carboxylic acid groups (broad SMARTS) is 1. The Morgan fingerprint density at radius 2 is 2.13 bits per heavy atom. The number of hydrogen-bond acceptors (Lipinski definition) is 3. The molecular formula is C9H16N2O4. The number of nitrogens with one attached hydrogen (secondary N) is 1. The van der Waals surface area contributed by atoms with Crippen molar-refractivity contribution in [1.82, 2.24) is 10.4 Å². The molecule has 6 nitrogen and oxygen atoms in total. The third kappa shape index (κ3) is 3.09. The zero-order chi connectivity index (χ0) is 11.4. The van der Waals surface area contributed by atoms with Crippen LogP contribution in [0.15, 0.2) is 0 Å². The molecule has 0 aromatic heterocycles. The van der Waals surface area contributed by atoms with Gasteiger partial charge >= 0.3 is 6.09 Å². The number of amides is 2. The first-order valence-electron chi connectivity index (χ1n) is 4.85. The van der Waals surface area contributed by atoms with Gasteiger partial charge < -0.3 is 10.4 Å². The molecule has 0 aromatic rings. The second kappa shape index (κ2) is 4.97. The molecule has 1 aliphatic carbocycles. The van der Waals surface area contributed by atoms with Crippen molar-refractivity contribution in [2.24, 2.45) is 5.92 Å². The van der Waals surface area contributed by atoms with E-state index >= 15 is 0 Å². The maximum absolute atomic E-state index is 11.6. The summed E-state index contributed by atoms with van der Waals surface area (Å²) in [6, 6.07) is -0.110. The zero-order valence-electron chi connectivity index (χ0n) is 8.90. The highest BCUT2D eigenvalue weighted by Crippen LogP contribution is 2.26. The molecule has 0 saturated heterocycles. The Bertz CT molecular complexity index is 256. The van der Waals surface area contributed by atoms with Gasteiger partial charge in [-0.2, -0.15) is 0 Å². The van der Waals surface area contributed by atoms with E-state index in [0.717, 1.165) is 0 Å². The highest BCUT2D eigenvalue weighted by molar-refractivity contribution is 5.78. The number of carbonyl (C=O) groups excluding carboxylic acids is 1. The van der Waals surface area contributed by atoms with Gasteiger partial charge in [0.05, 0.1) is 7.11 Å². The van der Waals surface area contributed by atoms with Crippen molar-refractivity contribution >= 4 is 12.0 Å². The monoisotopic (exact) mass is 216 g/mol. The van der Waals surface area contributed by atoms with Crippen molar-refractivity contribution in [1.29, 1.82) is 0 Å². The van der Waals surface area contributed by atoms with Crippen LogP contribution in [0.5, 0.6) is 0 Å². The molecule has 1 fully saturated rings. The summed E-state index contributed by atoms with van der Waals surface area (Å²) in [7, 11) is 2.99. The van der Waals surface area contributed by atoms with E-state index in [2.05, 4.69) is 5.32 Å². The first kappa shape index (κ1) is 11.8. The molecule has 0 spiro atoms. The minimum absolute atomic E-state index is 0.0906. The van der Waals surface area contributed by atoms with E-state index in [4.69, 9.17) is 9.94 Å². The first-order valence-corrected chi connectivity index (χ1v) is 4.85. The SMILES string of the molecule is CON(C)C(=O)[C@H]1CC[C@@H](NC(=O)O)C1. The fourth-order valence-corrected chi connectivity index (χ4v) is 1.86. The lowest BCUT2D eigenvalue weighted by molar-refractivity contribution is -0.173. The zero-order valence-corrected chi connectivity index (χ0v) is 8.90. The summed E-state index contributed by atoms with van der Waals surface area (Å²) >= 11 is 0. The average molecular weight is 216 g/mol. The van der Waals surface area contributed by atoms with E-state index in [1.165, 1.54) is 12.2 Å². The van der Waals surface area contributed by atoms with Crippen LogP contribution in [0.2, 0.25) is 0 Å². The number of hydrogen-bond donors (Lipinski definition) is 2. The van der Waals surface area contributed by atoms with Crippen molar-refractivity contribution < 1.29 is 19.5 Å². The lowest BCUT2D eigenvalue weighted by Crippen LogP contribution is -2.34. The van der Waals surface area contributed by atoms with E-state index in [-0.39, 0.29) is 17.9 Å². The number of rotatable bonds is 3. The molecule has 1 rings (SSSR count). The molecule has 15 heavy (non-hydrogen) atoms. The van der Waals surface area contributed by atoms with Crippen molar-refractivity contribution in [2.45, 2.75) is 25.3 Å². The van der Waals surface area contributed by atoms with Gasteiger partial charge in [0.15, 0.2) is 0 Å². The molecule has 0 aromatic carbocycles. The standard InChI is InChI=1S/C9H16N2O4/c1-11(15-2)8(12)6-3-4-7(5-6)10-9(13)14/h6-7,10H,3-5H2,1-2H3,(H,13,14)/t6-,7+/m0/s1. The predicted octanol–water partition coefficient (Wildman–Crippen LogP) is 0.442. The Morgan fingerprint density at radius 3 is 2.67 bits per heavy atom. The fraction of sp³-hybridized carbons (Fsp3) is 0.778. The molecule has 2 amide bonds. The smallest absolute Gasteiger partial charge is 0.404 e. The van der Waals surface area contributed by atoms with Crippen LogP contribution in [0, 0.1) is 5.92 Å². The van der Waals surface area contributed by atoms with E-state index in [0.29, 0.717) is 19.3 Å². The Hall–Kier alpha value is -1.30. The van der Waals surface area contributed by atoms with Gasteiger partial charge in [0, 0.05) is 19.0 Å². The molecule has 86 valence electrons. The van der Waals surface area contributed by atoms with Gasteiger partial charge in [0.2, 0.25) is 5.91 Å². The Balaban J connectivity index is 2.42. The average Bonchev–Trinajstić information content (AvgIpc) is 2.63. The molecule has 2 N–H and O–H groups in total. The number of carbonyl (C=O) groups is 2. The predicted molar refractivity (Wildman–Crippen MR) is 52.1 cm³/mol. The van der Waals surface area contributed by atoms with Crippen LogP contribution in [0.25, 0.3) is 0 Å². The summed E-state index contributed by atoms with van der Waals surface area (Å²) < 4.78 is 0. The molecule has 0 aliphatic heterocycles. The van der Waals surface area contributed by atoms with E-state index < -0.39 is 6.09 Å². The van der Waals surface area contributed by atoms with Crippen molar-refractivity contribution in [2.75, 3.05) is 14.2 Å². The summed E-state index contributed by atoms with van der Waals surface area (Å²) in [5, 5.41) is 12.1. The van der Waals surface area contributed by atoms with Crippen molar-refractivity contribution in [3.8, 4) is 0 Å². The van der Waals surface area contributed by atoms with Crippen molar-refractivity contribution in [3.63, 3.8) is 0 Å². The third-order valence-electron chi connectivity index (χ3n) is 2.69. The molecule has 1 aliphatic rings. The van der Waals surface area contributed by atoms with Crippen LogP contribution in [0.4, 0.5) is 4.79 Å². The molecule has 0 radical (unpaired) electrons. The number of nitrogens with zero attached hydrogens (tertiary/aromatic N) is 1. The van der Waals surface area contributed by atoms with Gasteiger partial charge in [0.1, 0.15) is 0 Å². The second-order valence-corrected chi connectivity index (χ2v) is 3.67. The topological polar surface area (TPSA) is 78.9 Å². The van der Waals surface area contributed by atoms with Crippen LogP contribution < -0.4 is 5.32 Å². The lowest BCUT2D eigenvalue weighted by Gasteiger charge is -2.18. The lowest BCUT2D eigenvalue weighted by atomic mass is 10.1. The Kier molecular flexibility index (Phi) is 3.90. The molecular weight excluding hydrogens is 200 g/mol. The van der Waals surface area contributed by atoms with Crippen LogP contribution in [-0.4, -0.2) is 42.4 Å². The molecule has 6 heteroatoms. The Morgan fingerprint density at radius 1 is 1.47 bits per heavy atom. The van der Waals surface area contributed by atoms with Crippen LogP contribution in [0.1, 0.15) is 19.3 Å². The summed E-state index contributed by atoms with van der Waals surface area (Å²) in [6.45, 7) is 0. The second-order valence-electron chi connectivity index (χ2n) is 3.67. The van der Waals surface area contributed by atoms with Crippen molar-refractivity contribution in [3.05, 3.63) is 0 Å². The Labute approximate surface area is 88.1 Å². The minimum atomic E-state index is -1.03. The van der Waals surface area contributed by atoms with E-state index in [1.807, 2.05) is 0 Å². The maximum Gasteiger partial charge on any atom is 0.404 e. The highest BCUT2D eigenvalue weighted by atomic mass is 16.7. The van der Waals surface area contributed by atoms with Gasteiger partial charge in [-0.25, -0.2) is 9.86 Å². The molecule has 2 atom stereocenters. The minimum Gasteiger partial charge on any atom is -0.465 e. The van der Waals surface area contributed by atoms with E-state index in [9.17, 15) is 9.59 Å². The van der Waals surface area contributed by atoms with Gasteiger partial charge in [0.25, 0.3) is 0 Å². The largest absolute Gasteiger partial charge is 0.465 e. The molecule has 0 heterocycles. The normalized spacial score (nSPS) is 24.9. The molecule has 0 unspecified atom stereocenters. The summed E-state index contributed by atoms with van der Waals surface area (Å²) in [6.07, 6.45) is 0.935. The van der Waals surface area contributed by atoms with E-state index in [1.54, 1.807) is 7.05 Å². The third-order valence-corrected chi connectivity index (χ3v) is 2.69. The maximum atomic E-state index is 11.6. The van der Waals surface area contributed by atoms with Gasteiger partial charge in [-0.05, 0) is 19.3 Å². The summed E-state index contributed by atoms with van der Waals surface area (Å²) in [5.41, 5.74) is 0. The van der Waals surface area contributed by atoms with Gasteiger partial charge in [-0.15, -0.1) is 0 Å². The van der Waals surface area contributed by atoms with Crippen LogP contribution in [-0.2, 0) is 9.63 Å². The van der Waals surface area contributed by atoms with Gasteiger partial charge in [-0.1, -0.05) is 0 Å². The van der Waals surface area contributed by atoms with Gasteiger partial charge in [-0.3, -0.25) is 9.63 Å². The van der Waals surface area contributed by atoms with Crippen LogP contribution in [0.3, 0.4) is 0 Å².